The standard InChI is InChI=1S/C13H7ClF2N2/c14-11-8(4-6-17)5-7-18-13(11)9-2-1-3-10(15)12(9)16/h1-3,5,7H,4H2. The Morgan fingerprint density at radius 2 is 2.06 bits per heavy atom. The fourth-order valence-electron chi connectivity index (χ4n) is 1.58. The second-order valence-electron chi connectivity index (χ2n) is 3.57. The second kappa shape index (κ2) is 5.11. The van der Waals surface area contributed by atoms with Gasteiger partial charge in [0, 0.05) is 11.8 Å². The van der Waals surface area contributed by atoms with E-state index in [0.717, 1.165) is 6.07 Å². The van der Waals surface area contributed by atoms with Crippen LogP contribution in [0.1, 0.15) is 5.56 Å². The minimum Gasteiger partial charge on any atom is -0.255 e. The fourth-order valence-corrected chi connectivity index (χ4v) is 1.86. The van der Waals surface area contributed by atoms with Gasteiger partial charge in [-0.25, -0.2) is 8.78 Å². The quantitative estimate of drug-likeness (QED) is 0.828. The van der Waals surface area contributed by atoms with Crippen LogP contribution in [-0.4, -0.2) is 4.98 Å². The van der Waals surface area contributed by atoms with Crippen LogP contribution in [0.5, 0.6) is 0 Å². The zero-order valence-electron chi connectivity index (χ0n) is 9.12. The van der Waals surface area contributed by atoms with Gasteiger partial charge in [-0.1, -0.05) is 17.7 Å². The highest BCUT2D eigenvalue weighted by molar-refractivity contribution is 6.33. The summed E-state index contributed by atoms with van der Waals surface area (Å²) < 4.78 is 26.8. The summed E-state index contributed by atoms with van der Waals surface area (Å²) in [7, 11) is 0. The molecule has 0 bridgehead atoms. The van der Waals surface area contributed by atoms with Crippen LogP contribution in [0.2, 0.25) is 5.02 Å². The predicted octanol–water partition coefficient (Wildman–Crippen LogP) is 3.75. The number of hydrogen-bond donors (Lipinski definition) is 0. The minimum absolute atomic E-state index is 0.0141. The van der Waals surface area contributed by atoms with Crippen molar-refractivity contribution in [3.8, 4) is 17.3 Å². The topological polar surface area (TPSA) is 36.7 Å². The van der Waals surface area contributed by atoms with Crippen LogP contribution in [0.4, 0.5) is 8.78 Å². The highest BCUT2D eigenvalue weighted by atomic mass is 35.5. The Morgan fingerprint density at radius 3 is 2.78 bits per heavy atom. The van der Waals surface area contributed by atoms with E-state index in [-0.39, 0.29) is 22.7 Å². The minimum atomic E-state index is -0.999. The molecule has 0 aliphatic carbocycles. The largest absolute Gasteiger partial charge is 0.255 e. The molecule has 0 saturated heterocycles. The summed E-state index contributed by atoms with van der Waals surface area (Å²) in [5.41, 5.74) is 0.661. The molecule has 0 unspecified atom stereocenters. The zero-order chi connectivity index (χ0) is 13.1. The molecule has 1 aromatic heterocycles. The van der Waals surface area contributed by atoms with Crippen LogP contribution >= 0.6 is 11.6 Å². The molecule has 0 N–H and O–H groups in total. The predicted molar refractivity (Wildman–Crippen MR) is 63.9 cm³/mol. The van der Waals surface area contributed by atoms with E-state index in [2.05, 4.69) is 4.98 Å². The third-order valence-corrected chi connectivity index (χ3v) is 2.87. The molecule has 1 heterocycles. The monoisotopic (exact) mass is 264 g/mol. The summed E-state index contributed by atoms with van der Waals surface area (Å²) in [6.45, 7) is 0. The first-order valence-electron chi connectivity index (χ1n) is 5.10. The molecule has 0 spiro atoms. The van der Waals surface area contributed by atoms with Crippen LogP contribution in [0, 0.1) is 23.0 Å². The van der Waals surface area contributed by atoms with Crippen molar-refractivity contribution in [2.24, 2.45) is 0 Å². The van der Waals surface area contributed by atoms with Gasteiger partial charge in [0.05, 0.1) is 23.2 Å². The van der Waals surface area contributed by atoms with Crippen molar-refractivity contribution >= 4 is 11.6 Å². The molecule has 0 aliphatic heterocycles. The van der Waals surface area contributed by atoms with E-state index >= 15 is 0 Å². The van der Waals surface area contributed by atoms with Crippen LogP contribution < -0.4 is 0 Å². The molecule has 90 valence electrons. The molecule has 0 saturated carbocycles. The van der Waals surface area contributed by atoms with Gasteiger partial charge in [0.1, 0.15) is 0 Å². The summed E-state index contributed by atoms with van der Waals surface area (Å²) in [6, 6.07) is 7.31. The number of rotatable bonds is 2. The van der Waals surface area contributed by atoms with Crippen molar-refractivity contribution in [3.05, 3.63) is 52.7 Å². The number of halogens is 3. The van der Waals surface area contributed by atoms with E-state index in [1.165, 1.54) is 18.3 Å². The summed E-state index contributed by atoms with van der Waals surface area (Å²) in [5, 5.41) is 8.81. The Hall–Kier alpha value is -1.99. The lowest BCUT2D eigenvalue weighted by Crippen LogP contribution is -1.95. The fraction of sp³-hybridized carbons (Fsp3) is 0.0769. The third kappa shape index (κ3) is 2.18. The first kappa shape index (κ1) is 12.5. The van der Waals surface area contributed by atoms with Gasteiger partial charge < -0.3 is 0 Å². The first-order chi connectivity index (χ1) is 8.65. The van der Waals surface area contributed by atoms with Crippen molar-refractivity contribution < 1.29 is 8.78 Å². The molecule has 0 fully saturated rings. The maximum atomic E-state index is 13.6. The lowest BCUT2D eigenvalue weighted by atomic mass is 10.1. The van der Waals surface area contributed by atoms with Crippen molar-refractivity contribution in [1.29, 1.82) is 5.26 Å². The SMILES string of the molecule is N#CCc1ccnc(-c2cccc(F)c2F)c1Cl. The Morgan fingerprint density at radius 1 is 1.28 bits per heavy atom. The normalized spacial score (nSPS) is 10.1. The second-order valence-corrected chi connectivity index (χ2v) is 3.95. The van der Waals surface area contributed by atoms with Gasteiger partial charge in [-0.3, -0.25) is 4.98 Å². The first-order valence-corrected chi connectivity index (χ1v) is 5.47. The van der Waals surface area contributed by atoms with Crippen molar-refractivity contribution in [1.82, 2.24) is 4.98 Å². The molecule has 18 heavy (non-hydrogen) atoms. The number of benzene rings is 1. The Balaban J connectivity index is 2.62. The average Bonchev–Trinajstić information content (AvgIpc) is 2.36. The highest BCUT2D eigenvalue weighted by Crippen LogP contribution is 2.31. The Kier molecular flexibility index (Phi) is 3.54. The van der Waals surface area contributed by atoms with Crippen LogP contribution in [-0.2, 0) is 6.42 Å². The maximum absolute atomic E-state index is 13.6. The molecule has 2 aromatic rings. The van der Waals surface area contributed by atoms with E-state index in [1.807, 2.05) is 6.07 Å². The molecule has 2 rings (SSSR count). The van der Waals surface area contributed by atoms with Gasteiger partial charge in [-0.05, 0) is 23.8 Å². The van der Waals surface area contributed by atoms with E-state index in [1.54, 1.807) is 6.07 Å². The molecule has 5 heteroatoms. The van der Waals surface area contributed by atoms with Crippen LogP contribution in [0.15, 0.2) is 30.5 Å². The highest BCUT2D eigenvalue weighted by Gasteiger charge is 2.15. The Bertz CT molecular complexity index is 635. The Labute approximate surface area is 107 Å². The van der Waals surface area contributed by atoms with Gasteiger partial charge in [-0.15, -0.1) is 0 Å². The van der Waals surface area contributed by atoms with Crippen LogP contribution in [0.25, 0.3) is 11.3 Å². The molecule has 0 atom stereocenters. The van der Waals surface area contributed by atoms with Gasteiger partial charge in [0.2, 0.25) is 0 Å². The lowest BCUT2D eigenvalue weighted by Gasteiger charge is -2.07. The van der Waals surface area contributed by atoms with E-state index < -0.39 is 11.6 Å². The van der Waals surface area contributed by atoms with E-state index in [0.29, 0.717) is 5.56 Å². The number of nitriles is 1. The van der Waals surface area contributed by atoms with Gasteiger partial charge >= 0.3 is 0 Å². The average molecular weight is 265 g/mol. The van der Waals surface area contributed by atoms with E-state index in [4.69, 9.17) is 16.9 Å². The van der Waals surface area contributed by atoms with Crippen molar-refractivity contribution in [3.63, 3.8) is 0 Å². The molecular weight excluding hydrogens is 258 g/mol. The summed E-state index contributed by atoms with van der Waals surface area (Å²) >= 11 is 6.04. The number of aromatic nitrogens is 1. The zero-order valence-corrected chi connectivity index (χ0v) is 9.88. The van der Waals surface area contributed by atoms with Crippen molar-refractivity contribution in [2.45, 2.75) is 6.42 Å². The van der Waals surface area contributed by atoms with Crippen LogP contribution in [0.3, 0.4) is 0 Å². The summed E-state index contributed by atoms with van der Waals surface area (Å²) in [6.07, 6.45) is 1.50. The summed E-state index contributed by atoms with van der Waals surface area (Å²) in [5.74, 6) is -1.96. The molecule has 0 radical (unpaired) electrons. The lowest BCUT2D eigenvalue weighted by molar-refractivity contribution is 0.511. The third-order valence-electron chi connectivity index (χ3n) is 2.45. The van der Waals surface area contributed by atoms with E-state index in [9.17, 15) is 8.78 Å². The molecule has 0 amide bonds. The molecular formula is C13H7ClF2N2. The molecule has 2 nitrogen and oxygen atoms in total. The van der Waals surface area contributed by atoms with Gasteiger partial charge in [-0.2, -0.15) is 5.26 Å². The van der Waals surface area contributed by atoms with Gasteiger partial charge in [0.25, 0.3) is 0 Å². The summed E-state index contributed by atoms with van der Waals surface area (Å²) in [4.78, 5) is 3.95. The number of pyridine rings is 1. The van der Waals surface area contributed by atoms with Crippen molar-refractivity contribution in [2.75, 3.05) is 0 Å². The maximum Gasteiger partial charge on any atom is 0.168 e. The number of nitrogens with zero attached hydrogens (tertiary/aromatic N) is 2. The number of hydrogen-bond acceptors (Lipinski definition) is 2. The smallest absolute Gasteiger partial charge is 0.168 e. The molecule has 0 aliphatic rings. The van der Waals surface area contributed by atoms with Gasteiger partial charge in [0.15, 0.2) is 11.6 Å². The molecule has 1 aromatic carbocycles.